The SMILES string of the molecule is Cl.O=C(O)CN1C=CC=c2ccccc2=N1. The Kier molecular flexibility index (Phi) is 4.08. The Labute approximate surface area is 98.6 Å². The molecule has 0 aromatic heterocycles. The first-order valence-electron chi connectivity index (χ1n) is 4.56. The van der Waals surface area contributed by atoms with Crippen molar-refractivity contribution in [3.05, 3.63) is 47.1 Å². The third-order valence-corrected chi connectivity index (χ3v) is 2.00. The second-order valence-electron chi connectivity index (χ2n) is 3.16. The van der Waals surface area contributed by atoms with Crippen LogP contribution in [-0.4, -0.2) is 22.6 Å². The molecular weight excluding hydrogens is 228 g/mol. The van der Waals surface area contributed by atoms with Crippen LogP contribution in [0, 0.1) is 0 Å². The molecule has 16 heavy (non-hydrogen) atoms. The highest BCUT2D eigenvalue weighted by Gasteiger charge is 2.03. The maximum Gasteiger partial charge on any atom is 0.325 e. The molecule has 0 spiro atoms. The molecule has 1 N–H and O–H groups in total. The fourth-order valence-corrected chi connectivity index (χ4v) is 1.36. The summed E-state index contributed by atoms with van der Waals surface area (Å²) >= 11 is 0. The standard InChI is InChI=1S/C11H10N2O2.ClH/c14-11(15)8-13-7-3-5-9-4-1-2-6-10(9)12-13;/h1-7H,8H2,(H,14,15);1H. The average Bonchev–Trinajstić information content (AvgIpc) is 2.38. The Morgan fingerprint density at radius 1 is 1.38 bits per heavy atom. The zero-order valence-electron chi connectivity index (χ0n) is 8.41. The normalized spacial score (nSPS) is 12.6. The number of carbonyl (C=O) groups is 1. The van der Waals surface area contributed by atoms with Gasteiger partial charge in [-0.2, -0.15) is 5.10 Å². The lowest BCUT2D eigenvalue weighted by atomic mass is 10.3. The molecule has 0 saturated heterocycles. The van der Waals surface area contributed by atoms with Crippen molar-refractivity contribution in [2.24, 2.45) is 5.10 Å². The third kappa shape index (κ3) is 2.84. The highest BCUT2D eigenvalue weighted by Crippen LogP contribution is 1.92. The van der Waals surface area contributed by atoms with Crippen molar-refractivity contribution in [1.29, 1.82) is 0 Å². The maximum atomic E-state index is 10.5. The number of rotatable bonds is 2. The summed E-state index contributed by atoms with van der Waals surface area (Å²) in [5, 5.41) is 16.0. The van der Waals surface area contributed by atoms with E-state index in [1.807, 2.05) is 30.3 Å². The minimum absolute atomic E-state index is 0. The molecule has 0 amide bonds. The number of carboxylic acids is 1. The van der Waals surface area contributed by atoms with Gasteiger partial charge in [0.25, 0.3) is 0 Å². The van der Waals surface area contributed by atoms with E-state index in [-0.39, 0.29) is 19.0 Å². The summed E-state index contributed by atoms with van der Waals surface area (Å²) in [6.45, 7) is -0.126. The predicted octanol–water partition coefficient (Wildman–Crippen LogP) is 0.337. The zero-order chi connectivity index (χ0) is 10.7. The van der Waals surface area contributed by atoms with Crippen LogP contribution in [0.3, 0.4) is 0 Å². The molecule has 0 aliphatic carbocycles. The molecule has 0 unspecified atom stereocenters. The van der Waals surface area contributed by atoms with E-state index in [1.54, 1.807) is 12.3 Å². The minimum atomic E-state index is -0.900. The quantitative estimate of drug-likeness (QED) is 0.808. The van der Waals surface area contributed by atoms with Crippen LogP contribution in [-0.2, 0) is 4.79 Å². The van der Waals surface area contributed by atoms with Gasteiger partial charge in [0.1, 0.15) is 6.54 Å². The van der Waals surface area contributed by atoms with Crippen molar-refractivity contribution in [2.75, 3.05) is 6.54 Å². The molecule has 1 aromatic carbocycles. The Morgan fingerprint density at radius 3 is 2.88 bits per heavy atom. The van der Waals surface area contributed by atoms with Crippen molar-refractivity contribution in [2.45, 2.75) is 0 Å². The van der Waals surface area contributed by atoms with E-state index in [0.29, 0.717) is 0 Å². The lowest BCUT2D eigenvalue weighted by molar-refractivity contribution is -0.137. The van der Waals surface area contributed by atoms with Crippen molar-refractivity contribution in [3.8, 4) is 0 Å². The molecule has 1 heterocycles. The number of halogens is 1. The molecule has 5 heteroatoms. The van der Waals surface area contributed by atoms with Gasteiger partial charge in [0.15, 0.2) is 0 Å². The van der Waals surface area contributed by atoms with Crippen LogP contribution >= 0.6 is 12.4 Å². The number of benzene rings is 1. The van der Waals surface area contributed by atoms with E-state index in [4.69, 9.17) is 5.11 Å². The first-order valence-corrected chi connectivity index (χ1v) is 4.56. The van der Waals surface area contributed by atoms with Crippen LogP contribution < -0.4 is 10.6 Å². The van der Waals surface area contributed by atoms with Crippen molar-refractivity contribution in [1.82, 2.24) is 5.01 Å². The summed E-state index contributed by atoms with van der Waals surface area (Å²) in [5.41, 5.74) is 0. The number of carboxylic acid groups (broad SMARTS) is 1. The summed E-state index contributed by atoms with van der Waals surface area (Å²) in [5.74, 6) is -0.900. The second-order valence-corrected chi connectivity index (χ2v) is 3.16. The molecule has 0 bridgehead atoms. The first-order chi connectivity index (χ1) is 7.25. The maximum absolute atomic E-state index is 10.5. The Balaban J connectivity index is 0.00000128. The van der Waals surface area contributed by atoms with Gasteiger partial charge < -0.3 is 5.11 Å². The number of aliphatic carboxylic acids is 1. The zero-order valence-corrected chi connectivity index (χ0v) is 9.22. The van der Waals surface area contributed by atoms with Crippen molar-refractivity contribution >= 4 is 24.5 Å². The van der Waals surface area contributed by atoms with Crippen LogP contribution in [0.2, 0.25) is 0 Å². The molecule has 4 nitrogen and oxygen atoms in total. The highest BCUT2D eigenvalue weighted by molar-refractivity contribution is 5.85. The average molecular weight is 239 g/mol. The molecule has 2 rings (SSSR count). The fraction of sp³-hybridized carbons (Fsp3) is 0.0909. The molecule has 0 fully saturated rings. The summed E-state index contributed by atoms with van der Waals surface area (Å²) in [6, 6.07) is 7.59. The van der Waals surface area contributed by atoms with Crippen molar-refractivity contribution in [3.63, 3.8) is 0 Å². The Hall–Kier alpha value is -1.81. The number of fused-ring (bicyclic) bond motifs is 1. The molecule has 1 aliphatic rings. The van der Waals surface area contributed by atoms with Crippen LogP contribution in [0.4, 0.5) is 0 Å². The van der Waals surface area contributed by atoms with E-state index in [1.165, 1.54) is 5.01 Å². The van der Waals surface area contributed by atoms with Crippen LogP contribution in [0.1, 0.15) is 0 Å². The van der Waals surface area contributed by atoms with Crippen molar-refractivity contribution < 1.29 is 9.90 Å². The smallest absolute Gasteiger partial charge is 0.325 e. The summed E-state index contributed by atoms with van der Waals surface area (Å²) in [7, 11) is 0. The summed E-state index contributed by atoms with van der Waals surface area (Å²) in [4.78, 5) is 10.5. The molecular formula is C11H11ClN2O2. The summed E-state index contributed by atoms with van der Waals surface area (Å²) in [6.07, 6.45) is 5.34. The van der Waals surface area contributed by atoms with Gasteiger partial charge in [0.2, 0.25) is 0 Å². The molecule has 0 atom stereocenters. The van der Waals surface area contributed by atoms with Gasteiger partial charge in [-0.05, 0) is 12.1 Å². The van der Waals surface area contributed by atoms with Gasteiger partial charge in [-0.3, -0.25) is 9.80 Å². The van der Waals surface area contributed by atoms with E-state index >= 15 is 0 Å². The van der Waals surface area contributed by atoms with E-state index < -0.39 is 5.97 Å². The lowest BCUT2D eigenvalue weighted by Gasteiger charge is -2.09. The van der Waals surface area contributed by atoms with Crippen LogP contribution in [0.25, 0.3) is 6.08 Å². The summed E-state index contributed by atoms with van der Waals surface area (Å²) < 4.78 is 0. The lowest BCUT2D eigenvalue weighted by Crippen LogP contribution is -2.28. The van der Waals surface area contributed by atoms with Gasteiger partial charge in [0.05, 0.1) is 5.36 Å². The Morgan fingerprint density at radius 2 is 2.12 bits per heavy atom. The van der Waals surface area contributed by atoms with Gasteiger partial charge >= 0.3 is 5.97 Å². The highest BCUT2D eigenvalue weighted by atomic mass is 35.5. The predicted molar refractivity (Wildman–Crippen MR) is 62.4 cm³/mol. The van der Waals surface area contributed by atoms with Gasteiger partial charge in [-0.1, -0.05) is 24.3 Å². The number of allylic oxidation sites excluding steroid dienone is 1. The topological polar surface area (TPSA) is 52.9 Å². The molecule has 0 radical (unpaired) electrons. The van der Waals surface area contributed by atoms with E-state index in [0.717, 1.165) is 10.6 Å². The molecule has 1 aromatic rings. The molecule has 84 valence electrons. The van der Waals surface area contributed by atoms with Gasteiger partial charge in [0, 0.05) is 11.4 Å². The number of hydrogen-bond acceptors (Lipinski definition) is 3. The molecule has 1 aliphatic heterocycles. The third-order valence-electron chi connectivity index (χ3n) is 2.00. The largest absolute Gasteiger partial charge is 0.480 e. The Bertz CT molecular complexity index is 525. The number of hydrogen-bond donors (Lipinski definition) is 1. The van der Waals surface area contributed by atoms with Gasteiger partial charge in [-0.15, -0.1) is 12.4 Å². The fourth-order valence-electron chi connectivity index (χ4n) is 1.36. The first kappa shape index (κ1) is 12.3. The van der Waals surface area contributed by atoms with Crippen LogP contribution in [0.15, 0.2) is 41.6 Å². The van der Waals surface area contributed by atoms with Crippen LogP contribution in [0.5, 0.6) is 0 Å². The molecule has 0 saturated carbocycles. The van der Waals surface area contributed by atoms with E-state index in [2.05, 4.69) is 5.10 Å². The number of nitrogens with zero attached hydrogens (tertiary/aromatic N) is 2. The second kappa shape index (κ2) is 5.32. The van der Waals surface area contributed by atoms with E-state index in [9.17, 15) is 4.79 Å². The minimum Gasteiger partial charge on any atom is -0.480 e. The van der Waals surface area contributed by atoms with Gasteiger partial charge in [-0.25, -0.2) is 0 Å². The monoisotopic (exact) mass is 238 g/mol.